The standard InChI is InChI=1S/C15H25N3O4S.C2HF3O2/c1-16(2)23(19,20)18-7-6-15(21-3)13-10-17(11-14(13)18)9-12-5-4-8-22-12;3-2(4,5)1(6)7/h4-5,8,13-15H,6-7,9-11H2,1-3H3;(H,6,7)/t13-,14+,15+;/m0./s1. The molecule has 0 radical (unpaired) electrons. The van der Waals surface area contributed by atoms with Gasteiger partial charge in [0.05, 0.1) is 18.9 Å². The Kier molecular flexibility index (Phi) is 7.91. The molecule has 0 saturated carbocycles. The normalized spacial score (nSPS) is 25.6. The number of furan rings is 1. The van der Waals surface area contributed by atoms with E-state index in [4.69, 9.17) is 19.1 Å². The number of piperidine rings is 1. The summed E-state index contributed by atoms with van der Waals surface area (Å²) < 4.78 is 71.0. The van der Waals surface area contributed by atoms with E-state index in [2.05, 4.69) is 4.90 Å². The Morgan fingerprint density at radius 1 is 1.37 bits per heavy atom. The van der Waals surface area contributed by atoms with Crippen LogP contribution < -0.4 is 0 Å². The van der Waals surface area contributed by atoms with E-state index < -0.39 is 22.4 Å². The van der Waals surface area contributed by atoms with Crippen LogP contribution in [0.15, 0.2) is 22.8 Å². The highest BCUT2D eigenvalue weighted by Crippen LogP contribution is 2.35. The van der Waals surface area contributed by atoms with Crippen molar-refractivity contribution < 1.29 is 40.6 Å². The second-order valence-electron chi connectivity index (χ2n) is 7.27. The number of ether oxygens (including phenoxy) is 1. The van der Waals surface area contributed by atoms with E-state index in [1.54, 1.807) is 31.8 Å². The molecular weight excluding hydrogens is 431 g/mol. The smallest absolute Gasteiger partial charge is 0.475 e. The van der Waals surface area contributed by atoms with Crippen LogP contribution in [0.2, 0.25) is 0 Å². The van der Waals surface area contributed by atoms with Crippen LogP contribution in [0.1, 0.15) is 12.2 Å². The van der Waals surface area contributed by atoms with E-state index in [-0.39, 0.29) is 18.1 Å². The predicted octanol–water partition coefficient (Wildman–Crippen LogP) is 1.24. The molecular formula is C17H26F3N3O6S. The van der Waals surface area contributed by atoms with E-state index in [0.29, 0.717) is 19.6 Å². The number of carboxylic acid groups (broad SMARTS) is 1. The molecule has 2 fully saturated rings. The highest BCUT2D eigenvalue weighted by Gasteiger charge is 2.48. The number of carboxylic acids is 1. The fraction of sp³-hybridized carbons (Fsp3) is 0.706. The Bertz CT molecular complexity index is 800. The van der Waals surface area contributed by atoms with Crippen molar-refractivity contribution in [3.05, 3.63) is 24.2 Å². The molecule has 30 heavy (non-hydrogen) atoms. The number of nitrogens with zero attached hydrogens (tertiary/aromatic N) is 3. The van der Waals surface area contributed by atoms with Crippen molar-refractivity contribution in [3.63, 3.8) is 0 Å². The minimum atomic E-state index is -5.08. The minimum absolute atomic E-state index is 0.0453. The lowest BCUT2D eigenvalue weighted by molar-refractivity contribution is -0.192. The Morgan fingerprint density at radius 3 is 2.47 bits per heavy atom. The van der Waals surface area contributed by atoms with Crippen LogP contribution in [0.3, 0.4) is 0 Å². The molecule has 1 aromatic heterocycles. The first-order valence-corrected chi connectivity index (χ1v) is 10.5. The summed E-state index contributed by atoms with van der Waals surface area (Å²) in [7, 11) is 1.48. The van der Waals surface area contributed by atoms with Gasteiger partial charge in [0.1, 0.15) is 5.76 Å². The summed E-state index contributed by atoms with van der Waals surface area (Å²) in [6.45, 7) is 2.74. The molecule has 2 saturated heterocycles. The van der Waals surface area contributed by atoms with Crippen molar-refractivity contribution in [3.8, 4) is 0 Å². The van der Waals surface area contributed by atoms with E-state index in [9.17, 15) is 21.6 Å². The monoisotopic (exact) mass is 457 g/mol. The third-order valence-electron chi connectivity index (χ3n) is 5.15. The van der Waals surface area contributed by atoms with Crippen molar-refractivity contribution in [1.29, 1.82) is 0 Å². The fourth-order valence-electron chi connectivity index (χ4n) is 3.74. The number of alkyl halides is 3. The summed E-state index contributed by atoms with van der Waals surface area (Å²) in [5.74, 6) is -1.66. The minimum Gasteiger partial charge on any atom is -0.475 e. The molecule has 9 nitrogen and oxygen atoms in total. The molecule has 1 aromatic rings. The Labute approximate surface area is 173 Å². The van der Waals surface area contributed by atoms with Crippen molar-refractivity contribution in [2.45, 2.75) is 31.3 Å². The zero-order chi connectivity index (χ0) is 22.7. The van der Waals surface area contributed by atoms with Crippen LogP contribution >= 0.6 is 0 Å². The van der Waals surface area contributed by atoms with Crippen LogP contribution in [-0.2, 0) is 26.3 Å². The topological polar surface area (TPSA) is 104 Å². The summed E-state index contributed by atoms with van der Waals surface area (Å²) in [5.41, 5.74) is 0. The summed E-state index contributed by atoms with van der Waals surface area (Å²) in [4.78, 5) is 11.1. The number of aliphatic carboxylic acids is 1. The molecule has 2 aliphatic rings. The molecule has 3 atom stereocenters. The number of fused-ring (bicyclic) bond motifs is 1. The van der Waals surface area contributed by atoms with Crippen LogP contribution in [-0.4, -0.2) is 92.2 Å². The Morgan fingerprint density at radius 2 is 2.00 bits per heavy atom. The highest BCUT2D eigenvalue weighted by atomic mass is 32.2. The van der Waals surface area contributed by atoms with Gasteiger partial charge in [-0.05, 0) is 18.6 Å². The number of methoxy groups -OCH3 is 1. The molecule has 0 spiro atoms. The van der Waals surface area contributed by atoms with Crippen LogP contribution in [0.5, 0.6) is 0 Å². The number of halogens is 3. The van der Waals surface area contributed by atoms with E-state index in [1.807, 2.05) is 12.1 Å². The SMILES string of the molecule is CO[C@@H]1CCN(S(=O)(=O)N(C)C)[C@@H]2CN(Cc3ccco3)C[C@@H]21.O=C(O)C(F)(F)F. The molecule has 172 valence electrons. The highest BCUT2D eigenvalue weighted by molar-refractivity contribution is 7.86. The maximum atomic E-state index is 12.6. The second kappa shape index (κ2) is 9.64. The second-order valence-corrected chi connectivity index (χ2v) is 9.37. The summed E-state index contributed by atoms with van der Waals surface area (Å²) in [6, 6.07) is 3.78. The maximum absolute atomic E-state index is 12.6. The third-order valence-corrected chi connectivity index (χ3v) is 7.12. The fourth-order valence-corrected chi connectivity index (χ4v) is 5.06. The summed E-state index contributed by atoms with van der Waals surface area (Å²) in [5, 5.41) is 7.12. The Hall–Kier alpha value is -1.67. The van der Waals surface area contributed by atoms with Gasteiger partial charge in [0.25, 0.3) is 10.2 Å². The van der Waals surface area contributed by atoms with E-state index >= 15 is 0 Å². The molecule has 3 rings (SSSR count). The average Bonchev–Trinajstić information content (AvgIpc) is 3.30. The quantitative estimate of drug-likeness (QED) is 0.710. The van der Waals surface area contributed by atoms with Gasteiger partial charge in [-0.1, -0.05) is 0 Å². The van der Waals surface area contributed by atoms with Gasteiger partial charge >= 0.3 is 12.1 Å². The van der Waals surface area contributed by atoms with Gasteiger partial charge in [-0.3, -0.25) is 4.90 Å². The number of likely N-dealkylation sites (tertiary alicyclic amines) is 1. The van der Waals surface area contributed by atoms with Gasteiger partial charge < -0.3 is 14.3 Å². The zero-order valence-corrected chi connectivity index (χ0v) is 17.7. The Balaban J connectivity index is 0.000000396. The molecule has 3 heterocycles. The molecule has 0 aliphatic carbocycles. The lowest BCUT2D eigenvalue weighted by atomic mass is 9.91. The molecule has 2 aliphatic heterocycles. The summed E-state index contributed by atoms with van der Waals surface area (Å²) >= 11 is 0. The number of hydrogen-bond donors (Lipinski definition) is 1. The number of rotatable bonds is 5. The van der Waals surface area contributed by atoms with Gasteiger partial charge in [-0.25, -0.2) is 4.79 Å². The predicted molar refractivity (Wildman–Crippen MR) is 99.7 cm³/mol. The molecule has 0 bridgehead atoms. The first-order chi connectivity index (χ1) is 13.9. The van der Waals surface area contributed by atoms with Gasteiger partial charge in [-0.15, -0.1) is 0 Å². The lowest BCUT2D eigenvalue weighted by Gasteiger charge is -2.40. The maximum Gasteiger partial charge on any atom is 0.490 e. The third kappa shape index (κ3) is 5.72. The van der Waals surface area contributed by atoms with Gasteiger partial charge in [0.2, 0.25) is 0 Å². The molecule has 1 N–H and O–H groups in total. The average molecular weight is 457 g/mol. The van der Waals surface area contributed by atoms with Crippen molar-refractivity contribution in [1.82, 2.24) is 13.5 Å². The first kappa shape index (κ1) is 24.6. The lowest BCUT2D eigenvalue weighted by Crippen LogP contribution is -2.56. The van der Waals surface area contributed by atoms with Gasteiger partial charge in [0.15, 0.2) is 0 Å². The number of hydrogen-bond acceptors (Lipinski definition) is 6. The van der Waals surface area contributed by atoms with Crippen molar-refractivity contribution >= 4 is 16.2 Å². The number of carbonyl (C=O) groups is 1. The van der Waals surface area contributed by atoms with Crippen LogP contribution in [0.4, 0.5) is 13.2 Å². The van der Waals surface area contributed by atoms with Crippen LogP contribution in [0.25, 0.3) is 0 Å². The van der Waals surface area contributed by atoms with Gasteiger partial charge in [-0.2, -0.15) is 30.2 Å². The van der Waals surface area contributed by atoms with E-state index in [1.165, 1.54) is 4.31 Å². The van der Waals surface area contributed by atoms with Crippen molar-refractivity contribution in [2.75, 3.05) is 40.8 Å². The van der Waals surface area contributed by atoms with E-state index in [0.717, 1.165) is 18.7 Å². The molecule has 13 heteroatoms. The molecule has 0 unspecified atom stereocenters. The molecule has 0 amide bonds. The zero-order valence-electron chi connectivity index (χ0n) is 16.9. The van der Waals surface area contributed by atoms with Crippen LogP contribution in [0, 0.1) is 5.92 Å². The first-order valence-electron chi connectivity index (χ1n) is 9.14. The summed E-state index contributed by atoms with van der Waals surface area (Å²) in [6.07, 6.45) is -2.58. The molecule has 0 aromatic carbocycles. The van der Waals surface area contributed by atoms with Crippen molar-refractivity contribution in [2.24, 2.45) is 5.92 Å². The largest absolute Gasteiger partial charge is 0.490 e. The van der Waals surface area contributed by atoms with Gasteiger partial charge in [0, 0.05) is 52.8 Å².